The SMILES string of the molecule is Cc1nc(C(F)(F)F)c(CN2C3CCNCC2CC3)s1.Cl. The lowest BCUT2D eigenvalue weighted by molar-refractivity contribution is -0.141. The average molecular weight is 342 g/mol. The Kier molecular flexibility index (Phi) is 5.18. The minimum absolute atomic E-state index is 0. The van der Waals surface area contributed by atoms with Gasteiger partial charge in [0.15, 0.2) is 5.69 Å². The lowest BCUT2D eigenvalue weighted by Gasteiger charge is -2.27. The van der Waals surface area contributed by atoms with E-state index >= 15 is 0 Å². The van der Waals surface area contributed by atoms with Crippen molar-refractivity contribution in [2.75, 3.05) is 13.1 Å². The summed E-state index contributed by atoms with van der Waals surface area (Å²) >= 11 is 1.18. The minimum Gasteiger partial charge on any atom is -0.315 e. The Hall–Kier alpha value is -0.370. The zero-order valence-corrected chi connectivity index (χ0v) is 13.4. The Balaban J connectivity index is 0.00000161. The second kappa shape index (κ2) is 6.40. The van der Waals surface area contributed by atoms with Crippen LogP contribution in [0.3, 0.4) is 0 Å². The second-order valence-electron chi connectivity index (χ2n) is 5.55. The standard InChI is InChI=1S/C13H18F3N3S.ClH/c1-8-18-12(13(14,15)16)11(20-8)7-19-9-2-3-10(19)6-17-5-4-9;/h9-10,17H,2-7H2,1H3;1H. The first-order chi connectivity index (χ1) is 9.45. The van der Waals surface area contributed by atoms with E-state index in [-0.39, 0.29) is 12.4 Å². The Labute approximate surface area is 132 Å². The largest absolute Gasteiger partial charge is 0.434 e. The van der Waals surface area contributed by atoms with Crippen molar-refractivity contribution < 1.29 is 13.2 Å². The first kappa shape index (κ1) is 17.0. The van der Waals surface area contributed by atoms with Crippen LogP contribution in [0.15, 0.2) is 0 Å². The molecule has 1 aromatic heterocycles. The van der Waals surface area contributed by atoms with E-state index in [2.05, 4.69) is 15.2 Å². The highest BCUT2D eigenvalue weighted by atomic mass is 35.5. The quantitative estimate of drug-likeness (QED) is 0.895. The van der Waals surface area contributed by atoms with Gasteiger partial charge in [0, 0.05) is 25.2 Å². The van der Waals surface area contributed by atoms with E-state index < -0.39 is 11.9 Å². The van der Waals surface area contributed by atoms with Crippen LogP contribution < -0.4 is 5.32 Å². The van der Waals surface area contributed by atoms with Gasteiger partial charge >= 0.3 is 6.18 Å². The van der Waals surface area contributed by atoms with Gasteiger partial charge in [-0.15, -0.1) is 23.7 Å². The fraction of sp³-hybridized carbons (Fsp3) is 0.769. The number of nitrogens with zero attached hydrogens (tertiary/aromatic N) is 2. The van der Waals surface area contributed by atoms with Crippen molar-refractivity contribution in [1.29, 1.82) is 0 Å². The van der Waals surface area contributed by atoms with Crippen molar-refractivity contribution in [2.24, 2.45) is 0 Å². The Morgan fingerprint density at radius 2 is 2.00 bits per heavy atom. The average Bonchev–Trinajstić information content (AvgIpc) is 2.80. The molecular weight excluding hydrogens is 323 g/mol. The number of aryl methyl sites for hydroxylation is 1. The highest BCUT2D eigenvalue weighted by Crippen LogP contribution is 2.37. The normalized spacial score (nSPS) is 26.5. The molecule has 1 aromatic rings. The van der Waals surface area contributed by atoms with E-state index in [1.807, 2.05) is 0 Å². The number of halogens is 4. The number of rotatable bonds is 2. The number of hydrogen-bond acceptors (Lipinski definition) is 4. The number of fused-ring (bicyclic) bond motifs is 2. The predicted molar refractivity (Wildman–Crippen MR) is 78.9 cm³/mol. The van der Waals surface area contributed by atoms with E-state index in [1.54, 1.807) is 6.92 Å². The molecule has 120 valence electrons. The first-order valence-corrected chi connectivity index (χ1v) is 7.77. The molecule has 8 heteroatoms. The first-order valence-electron chi connectivity index (χ1n) is 6.95. The van der Waals surface area contributed by atoms with E-state index in [0.717, 1.165) is 32.4 Å². The molecule has 2 unspecified atom stereocenters. The third-order valence-corrected chi connectivity index (χ3v) is 5.16. The van der Waals surface area contributed by atoms with Crippen molar-refractivity contribution in [1.82, 2.24) is 15.2 Å². The maximum atomic E-state index is 13.0. The van der Waals surface area contributed by atoms with Gasteiger partial charge in [0.1, 0.15) is 0 Å². The van der Waals surface area contributed by atoms with E-state index in [0.29, 0.717) is 28.5 Å². The lowest BCUT2D eigenvalue weighted by Crippen LogP contribution is -2.37. The minimum atomic E-state index is -4.34. The summed E-state index contributed by atoms with van der Waals surface area (Å²) in [7, 11) is 0. The summed E-state index contributed by atoms with van der Waals surface area (Å²) in [5.74, 6) is 0. The number of thiazole rings is 1. The maximum absolute atomic E-state index is 13.0. The molecule has 3 rings (SSSR count). The van der Waals surface area contributed by atoms with E-state index in [1.165, 1.54) is 11.3 Å². The molecule has 2 saturated heterocycles. The highest BCUT2D eigenvalue weighted by Gasteiger charge is 2.40. The molecule has 3 heterocycles. The summed E-state index contributed by atoms with van der Waals surface area (Å²) < 4.78 is 39.1. The maximum Gasteiger partial charge on any atom is 0.434 e. The topological polar surface area (TPSA) is 28.2 Å². The molecule has 2 aliphatic heterocycles. The second-order valence-corrected chi connectivity index (χ2v) is 6.84. The summed E-state index contributed by atoms with van der Waals surface area (Å²) in [5, 5.41) is 3.86. The van der Waals surface area contributed by atoms with Crippen LogP contribution in [0.2, 0.25) is 0 Å². The molecule has 2 aliphatic rings. The van der Waals surface area contributed by atoms with Crippen molar-refractivity contribution in [3.05, 3.63) is 15.6 Å². The smallest absolute Gasteiger partial charge is 0.315 e. The molecule has 2 fully saturated rings. The summed E-state index contributed by atoms with van der Waals surface area (Å²) in [4.78, 5) is 6.31. The number of alkyl halides is 3. The van der Waals surface area contributed by atoms with Gasteiger partial charge in [-0.2, -0.15) is 13.2 Å². The van der Waals surface area contributed by atoms with Crippen LogP contribution in [0, 0.1) is 6.92 Å². The van der Waals surface area contributed by atoms with Crippen molar-refractivity contribution in [3.8, 4) is 0 Å². The summed E-state index contributed by atoms with van der Waals surface area (Å²) in [5.41, 5.74) is -0.684. The molecule has 0 aliphatic carbocycles. The zero-order chi connectivity index (χ0) is 14.3. The summed E-state index contributed by atoms with van der Waals surface area (Å²) in [6, 6.07) is 0.782. The molecule has 21 heavy (non-hydrogen) atoms. The summed E-state index contributed by atoms with van der Waals surface area (Å²) in [6.45, 7) is 3.88. The van der Waals surface area contributed by atoms with Crippen LogP contribution in [0.25, 0.3) is 0 Å². The molecule has 2 atom stereocenters. The van der Waals surface area contributed by atoms with Gasteiger partial charge in [0.25, 0.3) is 0 Å². The lowest BCUT2D eigenvalue weighted by atomic mass is 10.1. The fourth-order valence-electron chi connectivity index (χ4n) is 3.30. The van der Waals surface area contributed by atoms with Crippen molar-refractivity contribution >= 4 is 23.7 Å². The van der Waals surface area contributed by atoms with Crippen molar-refractivity contribution in [3.63, 3.8) is 0 Å². The molecule has 0 saturated carbocycles. The third-order valence-electron chi connectivity index (χ3n) is 4.20. The Bertz CT molecular complexity index is 477. The number of aromatic nitrogens is 1. The van der Waals surface area contributed by atoms with Gasteiger partial charge in [-0.3, -0.25) is 4.90 Å². The van der Waals surface area contributed by atoms with Gasteiger partial charge in [-0.25, -0.2) is 4.98 Å². The number of hydrogen-bond donors (Lipinski definition) is 1. The van der Waals surface area contributed by atoms with Crippen LogP contribution in [-0.4, -0.2) is 35.1 Å². The molecule has 1 N–H and O–H groups in total. The Morgan fingerprint density at radius 1 is 1.29 bits per heavy atom. The fourth-order valence-corrected chi connectivity index (χ4v) is 4.27. The molecule has 2 bridgehead atoms. The van der Waals surface area contributed by atoms with Crippen LogP contribution in [0.4, 0.5) is 13.2 Å². The zero-order valence-electron chi connectivity index (χ0n) is 11.7. The molecule has 0 aromatic carbocycles. The van der Waals surface area contributed by atoms with Crippen LogP contribution >= 0.6 is 23.7 Å². The van der Waals surface area contributed by atoms with E-state index in [9.17, 15) is 13.2 Å². The molecule has 0 radical (unpaired) electrons. The Morgan fingerprint density at radius 3 is 2.71 bits per heavy atom. The van der Waals surface area contributed by atoms with Gasteiger partial charge in [-0.1, -0.05) is 0 Å². The summed E-state index contributed by atoms with van der Waals surface area (Å²) in [6.07, 6.45) is -1.14. The van der Waals surface area contributed by atoms with E-state index in [4.69, 9.17) is 0 Å². The van der Waals surface area contributed by atoms with Crippen LogP contribution in [-0.2, 0) is 12.7 Å². The van der Waals surface area contributed by atoms with Gasteiger partial charge in [-0.05, 0) is 32.7 Å². The third kappa shape index (κ3) is 3.52. The molecule has 3 nitrogen and oxygen atoms in total. The molecule has 0 amide bonds. The molecule has 0 spiro atoms. The monoisotopic (exact) mass is 341 g/mol. The highest BCUT2D eigenvalue weighted by molar-refractivity contribution is 7.11. The van der Waals surface area contributed by atoms with Crippen LogP contribution in [0.1, 0.15) is 34.8 Å². The van der Waals surface area contributed by atoms with Crippen LogP contribution in [0.5, 0.6) is 0 Å². The van der Waals surface area contributed by atoms with Gasteiger partial charge < -0.3 is 5.32 Å². The molecular formula is C13H19ClF3N3S. The van der Waals surface area contributed by atoms with Crippen molar-refractivity contribution in [2.45, 2.75) is 51.0 Å². The predicted octanol–water partition coefficient (Wildman–Crippen LogP) is 3.22. The van der Waals surface area contributed by atoms with Gasteiger partial charge in [0.2, 0.25) is 0 Å². The number of nitrogens with one attached hydrogen (secondary N) is 1. The van der Waals surface area contributed by atoms with Gasteiger partial charge in [0.05, 0.1) is 9.88 Å².